The maximum Gasteiger partial charge on any atom is 0.490 e. The lowest BCUT2D eigenvalue weighted by atomic mass is 10.1. The van der Waals surface area contributed by atoms with Gasteiger partial charge in [0.2, 0.25) is 0 Å². The number of benzene rings is 1. The van der Waals surface area contributed by atoms with Crippen molar-refractivity contribution in [3.63, 3.8) is 0 Å². The molecule has 1 unspecified atom stereocenters. The van der Waals surface area contributed by atoms with Crippen molar-refractivity contribution >= 4 is 17.7 Å². The summed E-state index contributed by atoms with van der Waals surface area (Å²) in [6, 6.07) is 6.38. The number of alkyl halides is 6. The minimum absolute atomic E-state index is 0.198. The largest absolute Gasteiger partial charge is 0.490 e. The summed E-state index contributed by atoms with van der Waals surface area (Å²) in [6.45, 7) is 1.60. The van der Waals surface area contributed by atoms with Crippen molar-refractivity contribution in [1.82, 2.24) is 5.32 Å². The van der Waals surface area contributed by atoms with Crippen LogP contribution in [0.15, 0.2) is 24.3 Å². The number of aryl methyl sites for hydroxylation is 1. The first-order valence-electron chi connectivity index (χ1n) is 7.54. The highest BCUT2D eigenvalue weighted by molar-refractivity contribution is 5.94. The van der Waals surface area contributed by atoms with E-state index in [2.05, 4.69) is 10.1 Å². The van der Waals surface area contributed by atoms with Gasteiger partial charge in [0.05, 0.1) is 0 Å². The number of Topliss-reactive ketones (excluding diaryl/α,β-unsaturated/α-hetero) is 1. The fraction of sp³-hybridized carbons (Fsp3) is 0.438. The molecular formula is C16H15F6NO4. The normalized spacial score (nSPS) is 13.0. The van der Waals surface area contributed by atoms with Crippen LogP contribution in [0.3, 0.4) is 0 Å². The number of amides is 1. The van der Waals surface area contributed by atoms with Crippen molar-refractivity contribution in [3.05, 3.63) is 35.4 Å². The van der Waals surface area contributed by atoms with E-state index in [0.29, 0.717) is 5.56 Å². The molecule has 1 amide bonds. The van der Waals surface area contributed by atoms with Gasteiger partial charge in [-0.25, -0.2) is 4.79 Å². The van der Waals surface area contributed by atoms with Gasteiger partial charge in [-0.05, 0) is 25.5 Å². The van der Waals surface area contributed by atoms with Crippen LogP contribution < -0.4 is 5.32 Å². The highest BCUT2D eigenvalue weighted by Gasteiger charge is 2.52. The molecule has 0 radical (unpaired) electrons. The quantitative estimate of drug-likeness (QED) is 0.435. The maximum atomic E-state index is 12.7. The molecule has 1 aromatic carbocycles. The van der Waals surface area contributed by atoms with Crippen molar-refractivity contribution in [1.29, 1.82) is 0 Å². The fourth-order valence-corrected chi connectivity index (χ4v) is 1.89. The van der Waals surface area contributed by atoms with E-state index in [9.17, 15) is 40.7 Å². The third kappa shape index (κ3) is 7.27. The molecule has 0 saturated heterocycles. The number of halogens is 6. The van der Waals surface area contributed by atoms with Gasteiger partial charge in [0.25, 0.3) is 12.0 Å². The number of carbonyl (C=O) groups is 3. The molecule has 0 bridgehead atoms. The standard InChI is InChI=1S/C16H15F6NO4/c1-9-4-6-10(7-5-9)13(25)23-8-2-3-11(24)12(15(17,18)19)27-14(26)16(20,21)22/h4-7,12H,2-3,8H2,1H3,(H,23,25). The van der Waals surface area contributed by atoms with E-state index in [1.165, 1.54) is 12.1 Å². The lowest BCUT2D eigenvalue weighted by molar-refractivity contribution is -0.241. The van der Waals surface area contributed by atoms with E-state index in [4.69, 9.17) is 0 Å². The Morgan fingerprint density at radius 2 is 1.59 bits per heavy atom. The van der Waals surface area contributed by atoms with E-state index >= 15 is 0 Å². The monoisotopic (exact) mass is 399 g/mol. The van der Waals surface area contributed by atoms with Gasteiger partial charge in [-0.3, -0.25) is 9.59 Å². The molecule has 0 aliphatic heterocycles. The summed E-state index contributed by atoms with van der Waals surface area (Å²) in [5.41, 5.74) is 1.20. The molecule has 0 aliphatic carbocycles. The van der Waals surface area contributed by atoms with Gasteiger partial charge in [0.1, 0.15) is 0 Å². The zero-order chi connectivity index (χ0) is 20.8. The SMILES string of the molecule is Cc1ccc(C(=O)NCCCC(=O)C(OC(=O)C(F)(F)F)C(F)(F)F)cc1. The van der Waals surface area contributed by atoms with Gasteiger partial charge >= 0.3 is 18.3 Å². The topological polar surface area (TPSA) is 72.5 Å². The Hall–Kier alpha value is -2.59. The lowest BCUT2D eigenvalue weighted by Crippen LogP contribution is -2.43. The molecule has 0 saturated carbocycles. The Labute approximate surface area is 149 Å². The lowest BCUT2D eigenvalue weighted by Gasteiger charge is -2.20. The maximum absolute atomic E-state index is 12.7. The number of hydrogen-bond acceptors (Lipinski definition) is 4. The number of ketones is 1. The second-order valence-electron chi connectivity index (χ2n) is 5.52. The Balaban J connectivity index is 2.55. The molecule has 0 heterocycles. The Bertz CT molecular complexity index is 682. The van der Waals surface area contributed by atoms with Crippen LogP contribution in [-0.2, 0) is 14.3 Å². The summed E-state index contributed by atoms with van der Waals surface area (Å²) in [4.78, 5) is 33.9. The van der Waals surface area contributed by atoms with E-state index < -0.39 is 42.5 Å². The minimum Gasteiger partial charge on any atom is -0.438 e. The molecule has 1 atom stereocenters. The van der Waals surface area contributed by atoms with Crippen molar-refractivity contribution in [2.75, 3.05) is 6.54 Å². The van der Waals surface area contributed by atoms with E-state index in [1.807, 2.05) is 0 Å². The predicted octanol–water partition coefficient (Wildman–Crippen LogP) is 3.11. The van der Waals surface area contributed by atoms with Gasteiger partial charge in [-0.1, -0.05) is 17.7 Å². The highest BCUT2D eigenvalue weighted by atomic mass is 19.4. The smallest absolute Gasteiger partial charge is 0.438 e. The van der Waals surface area contributed by atoms with E-state index in [0.717, 1.165) is 5.56 Å². The molecule has 0 aliphatic rings. The van der Waals surface area contributed by atoms with Gasteiger partial charge in [0, 0.05) is 18.5 Å². The molecule has 11 heteroatoms. The molecule has 150 valence electrons. The van der Waals surface area contributed by atoms with Crippen molar-refractivity contribution < 1.29 is 45.5 Å². The molecule has 5 nitrogen and oxygen atoms in total. The van der Waals surface area contributed by atoms with Crippen LogP contribution in [0, 0.1) is 6.92 Å². The van der Waals surface area contributed by atoms with Crippen molar-refractivity contribution in [2.24, 2.45) is 0 Å². The molecule has 27 heavy (non-hydrogen) atoms. The number of ether oxygens (including phenoxy) is 1. The summed E-state index contributed by atoms with van der Waals surface area (Å²) in [6.07, 6.45) is -15.8. The van der Waals surface area contributed by atoms with E-state index in [-0.39, 0.29) is 13.0 Å². The third-order valence-electron chi connectivity index (χ3n) is 3.25. The number of esters is 1. The van der Waals surface area contributed by atoms with Crippen LogP contribution in [0.1, 0.15) is 28.8 Å². The Morgan fingerprint density at radius 1 is 1.04 bits per heavy atom. The average molecular weight is 399 g/mol. The van der Waals surface area contributed by atoms with Crippen LogP contribution >= 0.6 is 0 Å². The number of rotatable bonds is 7. The molecular weight excluding hydrogens is 384 g/mol. The molecule has 1 N–H and O–H groups in total. The molecule has 0 spiro atoms. The fourth-order valence-electron chi connectivity index (χ4n) is 1.89. The molecule has 0 aromatic heterocycles. The summed E-state index contributed by atoms with van der Waals surface area (Å²) in [5, 5.41) is 2.36. The second-order valence-corrected chi connectivity index (χ2v) is 5.52. The van der Waals surface area contributed by atoms with Crippen molar-refractivity contribution in [2.45, 2.75) is 38.2 Å². The zero-order valence-electron chi connectivity index (χ0n) is 13.9. The first-order valence-corrected chi connectivity index (χ1v) is 7.54. The Kier molecular flexibility index (Phi) is 7.37. The number of hydrogen-bond donors (Lipinski definition) is 1. The van der Waals surface area contributed by atoms with Crippen LogP contribution in [0.2, 0.25) is 0 Å². The average Bonchev–Trinajstić information content (AvgIpc) is 2.54. The van der Waals surface area contributed by atoms with Gasteiger partial charge in [-0.2, -0.15) is 26.3 Å². The second kappa shape index (κ2) is 8.87. The third-order valence-corrected chi connectivity index (χ3v) is 3.25. The van der Waals surface area contributed by atoms with Crippen LogP contribution in [0.5, 0.6) is 0 Å². The molecule has 1 aromatic rings. The number of carbonyl (C=O) groups excluding carboxylic acids is 3. The van der Waals surface area contributed by atoms with Crippen LogP contribution in [0.25, 0.3) is 0 Å². The highest BCUT2D eigenvalue weighted by Crippen LogP contribution is 2.28. The summed E-state index contributed by atoms with van der Waals surface area (Å²) >= 11 is 0. The van der Waals surface area contributed by atoms with Crippen LogP contribution in [0.4, 0.5) is 26.3 Å². The van der Waals surface area contributed by atoms with E-state index in [1.54, 1.807) is 19.1 Å². The zero-order valence-corrected chi connectivity index (χ0v) is 13.9. The summed E-state index contributed by atoms with van der Waals surface area (Å²) in [5.74, 6) is -5.38. The predicted molar refractivity (Wildman–Crippen MR) is 79.7 cm³/mol. The Morgan fingerprint density at radius 3 is 2.07 bits per heavy atom. The first kappa shape index (κ1) is 22.5. The molecule has 0 fully saturated rings. The minimum atomic E-state index is -5.66. The first-order chi connectivity index (χ1) is 12.3. The van der Waals surface area contributed by atoms with Gasteiger partial charge in [0.15, 0.2) is 5.78 Å². The van der Waals surface area contributed by atoms with Crippen LogP contribution in [-0.4, -0.2) is 42.7 Å². The van der Waals surface area contributed by atoms with Gasteiger partial charge < -0.3 is 10.1 Å². The van der Waals surface area contributed by atoms with Gasteiger partial charge in [-0.15, -0.1) is 0 Å². The summed E-state index contributed by atoms with van der Waals surface area (Å²) < 4.78 is 77.4. The van der Waals surface area contributed by atoms with Crippen molar-refractivity contribution in [3.8, 4) is 0 Å². The number of nitrogens with one attached hydrogen (secondary N) is 1. The summed E-state index contributed by atoms with van der Waals surface area (Å²) in [7, 11) is 0. The molecule has 1 rings (SSSR count).